The van der Waals surface area contributed by atoms with Crippen molar-refractivity contribution < 1.29 is 10.2 Å². The van der Waals surface area contributed by atoms with Gasteiger partial charge in [0.1, 0.15) is 0 Å². The zero-order valence-corrected chi connectivity index (χ0v) is 8.93. The lowest BCUT2D eigenvalue weighted by atomic mass is 10.1. The van der Waals surface area contributed by atoms with E-state index in [0.29, 0.717) is 4.88 Å². The Morgan fingerprint density at radius 1 is 1.21 bits per heavy atom. The molecule has 0 fully saturated rings. The van der Waals surface area contributed by atoms with Gasteiger partial charge in [-0.1, -0.05) is 17.7 Å². The van der Waals surface area contributed by atoms with Crippen LogP contribution in [0.15, 0.2) is 18.2 Å². The molecule has 0 unspecified atom stereocenters. The average molecular weight is 208 g/mol. The molecule has 2 rings (SSSR count). The van der Waals surface area contributed by atoms with Gasteiger partial charge >= 0.3 is 0 Å². The molecule has 1 heterocycles. The van der Waals surface area contributed by atoms with E-state index in [1.807, 2.05) is 26.0 Å². The molecule has 1 aromatic heterocycles. The molecule has 0 saturated heterocycles. The molecular weight excluding hydrogens is 196 g/mol. The molecule has 0 radical (unpaired) electrons. The van der Waals surface area contributed by atoms with Crippen LogP contribution in [0.2, 0.25) is 0 Å². The smallest absolute Gasteiger partial charge is 0.188 e. The monoisotopic (exact) mass is 208 g/mol. The fourth-order valence-corrected chi connectivity index (χ4v) is 2.66. The Bertz CT molecular complexity index is 471. The van der Waals surface area contributed by atoms with Gasteiger partial charge in [-0.15, -0.1) is 11.3 Å². The maximum atomic E-state index is 9.14. The number of aryl methyl sites for hydroxylation is 2. The fourth-order valence-electron chi connectivity index (χ4n) is 1.60. The second kappa shape index (κ2) is 3.35. The van der Waals surface area contributed by atoms with E-state index in [9.17, 15) is 0 Å². The van der Waals surface area contributed by atoms with Crippen LogP contribution in [-0.4, -0.2) is 10.2 Å². The van der Waals surface area contributed by atoms with Gasteiger partial charge in [0.2, 0.25) is 0 Å². The van der Waals surface area contributed by atoms with Crippen LogP contribution in [0.1, 0.15) is 22.3 Å². The molecule has 2 N–H and O–H groups in total. The summed E-state index contributed by atoms with van der Waals surface area (Å²) < 4.78 is 1.11. The quantitative estimate of drug-likeness (QED) is 0.707. The standard InChI is InChI=1S/C11H12O2S/c1-6-3-4-9-8(5-6)7(2)10(14-9)11(12)13/h3-5,11-13H,1-2H3. The molecule has 0 amide bonds. The van der Waals surface area contributed by atoms with Crippen molar-refractivity contribution in [3.05, 3.63) is 34.2 Å². The van der Waals surface area contributed by atoms with Crippen molar-refractivity contribution in [2.45, 2.75) is 20.1 Å². The van der Waals surface area contributed by atoms with E-state index in [2.05, 4.69) is 6.07 Å². The van der Waals surface area contributed by atoms with Crippen molar-refractivity contribution in [2.24, 2.45) is 0 Å². The first kappa shape index (κ1) is 9.65. The Morgan fingerprint density at radius 2 is 1.93 bits per heavy atom. The third-order valence-electron chi connectivity index (χ3n) is 2.36. The summed E-state index contributed by atoms with van der Waals surface area (Å²) in [6.45, 7) is 3.96. The molecule has 14 heavy (non-hydrogen) atoms. The van der Waals surface area contributed by atoms with Gasteiger partial charge in [0.05, 0.1) is 4.88 Å². The SMILES string of the molecule is Cc1ccc2sc(C(O)O)c(C)c2c1. The summed E-state index contributed by atoms with van der Waals surface area (Å²) in [4.78, 5) is 0.644. The van der Waals surface area contributed by atoms with Crippen LogP contribution in [0, 0.1) is 13.8 Å². The van der Waals surface area contributed by atoms with Crippen molar-refractivity contribution in [1.82, 2.24) is 0 Å². The minimum Gasteiger partial charge on any atom is -0.364 e. The van der Waals surface area contributed by atoms with Crippen LogP contribution in [0.4, 0.5) is 0 Å². The number of aliphatic hydroxyl groups excluding tert-OH is 1. The van der Waals surface area contributed by atoms with E-state index >= 15 is 0 Å². The van der Waals surface area contributed by atoms with Crippen LogP contribution in [0.25, 0.3) is 10.1 Å². The van der Waals surface area contributed by atoms with Crippen LogP contribution in [0.5, 0.6) is 0 Å². The summed E-state index contributed by atoms with van der Waals surface area (Å²) in [5, 5.41) is 19.4. The van der Waals surface area contributed by atoms with Crippen molar-refractivity contribution in [2.75, 3.05) is 0 Å². The largest absolute Gasteiger partial charge is 0.364 e. The lowest BCUT2D eigenvalue weighted by Crippen LogP contribution is -1.92. The second-order valence-corrected chi connectivity index (χ2v) is 4.55. The number of benzene rings is 1. The van der Waals surface area contributed by atoms with Gasteiger partial charge in [-0.25, -0.2) is 0 Å². The second-order valence-electron chi connectivity index (χ2n) is 3.46. The first-order chi connectivity index (χ1) is 6.59. The van der Waals surface area contributed by atoms with Gasteiger partial charge in [0, 0.05) is 4.70 Å². The number of aliphatic hydroxyl groups is 2. The van der Waals surface area contributed by atoms with Crippen LogP contribution in [0.3, 0.4) is 0 Å². The highest BCUT2D eigenvalue weighted by molar-refractivity contribution is 7.19. The average Bonchev–Trinajstić information content (AvgIpc) is 2.44. The molecule has 0 bridgehead atoms. The summed E-state index contributed by atoms with van der Waals surface area (Å²) in [6.07, 6.45) is -1.35. The molecule has 0 saturated carbocycles. The van der Waals surface area contributed by atoms with E-state index in [4.69, 9.17) is 10.2 Å². The summed E-state index contributed by atoms with van der Waals surface area (Å²) in [5.41, 5.74) is 2.17. The van der Waals surface area contributed by atoms with Crippen molar-refractivity contribution in [3.8, 4) is 0 Å². The number of fused-ring (bicyclic) bond motifs is 1. The number of thiophene rings is 1. The molecule has 3 heteroatoms. The molecule has 0 spiro atoms. The Morgan fingerprint density at radius 3 is 2.57 bits per heavy atom. The maximum Gasteiger partial charge on any atom is 0.188 e. The van der Waals surface area contributed by atoms with Gasteiger partial charge in [-0.3, -0.25) is 0 Å². The zero-order valence-electron chi connectivity index (χ0n) is 8.11. The number of rotatable bonds is 1. The van der Waals surface area contributed by atoms with Crippen LogP contribution < -0.4 is 0 Å². The molecule has 74 valence electrons. The van der Waals surface area contributed by atoms with Crippen molar-refractivity contribution in [1.29, 1.82) is 0 Å². The van der Waals surface area contributed by atoms with Crippen LogP contribution in [-0.2, 0) is 0 Å². The van der Waals surface area contributed by atoms with E-state index < -0.39 is 6.29 Å². The molecule has 0 aliphatic carbocycles. The molecular formula is C11H12O2S. The molecule has 0 atom stereocenters. The number of hydrogen-bond donors (Lipinski definition) is 2. The maximum absolute atomic E-state index is 9.14. The molecule has 2 nitrogen and oxygen atoms in total. The molecule has 2 aromatic rings. The highest BCUT2D eigenvalue weighted by Gasteiger charge is 2.13. The Hall–Kier alpha value is -0.900. The topological polar surface area (TPSA) is 40.5 Å². The molecule has 0 aliphatic heterocycles. The summed E-state index contributed by atoms with van der Waals surface area (Å²) in [6, 6.07) is 6.13. The lowest BCUT2D eigenvalue weighted by molar-refractivity contribution is -0.0398. The third kappa shape index (κ3) is 1.43. The van der Waals surface area contributed by atoms with E-state index in [0.717, 1.165) is 15.6 Å². The highest BCUT2D eigenvalue weighted by atomic mass is 32.1. The first-order valence-corrected chi connectivity index (χ1v) is 5.27. The first-order valence-electron chi connectivity index (χ1n) is 4.45. The minimum atomic E-state index is -1.35. The Kier molecular flexibility index (Phi) is 2.31. The Labute approximate surface area is 86.4 Å². The van der Waals surface area contributed by atoms with Gasteiger partial charge < -0.3 is 10.2 Å². The zero-order chi connectivity index (χ0) is 10.3. The molecule has 1 aromatic carbocycles. The predicted molar refractivity (Wildman–Crippen MR) is 58.5 cm³/mol. The minimum absolute atomic E-state index is 0.644. The van der Waals surface area contributed by atoms with Gasteiger partial charge in [-0.2, -0.15) is 0 Å². The summed E-state index contributed by atoms with van der Waals surface area (Å²) in [5.74, 6) is 0. The summed E-state index contributed by atoms with van der Waals surface area (Å²) >= 11 is 1.44. The van der Waals surface area contributed by atoms with Crippen LogP contribution >= 0.6 is 11.3 Å². The number of hydrogen-bond acceptors (Lipinski definition) is 3. The lowest BCUT2D eigenvalue weighted by Gasteiger charge is -2.00. The fraction of sp³-hybridized carbons (Fsp3) is 0.273. The Balaban J connectivity index is 2.74. The predicted octanol–water partition coefficient (Wildman–Crippen LogP) is 2.50. The van der Waals surface area contributed by atoms with E-state index in [1.165, 1.54) is 16.9 Å². The summed E-state index contributed by atoms with van der Waals surface area (Å²) in [7, 11) is 0. The van der Waals surface area contributed by atoms with E-state index in [1.54, 1.807) is 0 Å². The third-order valence-corrected chi connectivity index (χ3v) is 3.68. The highest BCUT2D eigenvalue weighted by Crippen LogP contribution is 2.34. The van der Waals surface area contributed by atoms with Crippen molar-refractivity contribution in [3.63, 3.8) is 0 Å². The van der Waals surface area contributed by atoms with Crippen molar-refractivity contribution >= 4 is 21.4 Å². The molecule has 0 aliphatic rings. The van der Waals surface area contributed by atoms with E-state index in [-0.39, 0.29) is 0 Å². The van der Waals surface area contributed by atoms with Gasteiger partial charge in [0.15, 0.2) is 6.29 Å². The normalized spacial score (nSPS) is 11.5. The van der Waals surface area contributed by atoms with Gasteiger partial charge in [0.25, 0.3) is 0 Å². The van der Waals surface area contributed by atoms with Gasteiger partial charge in [-0.05, 0) is 30.9 Å².